The Hall–Kier alpha value is -1.47. The molecule has 0 spiro atoms. The van der Waals surface area contributed by atoms with Crippen LogP contribution in [0.1, 0.15) is 15.9 Å². The fraction of sp³-hybridized carbons (Fsp3) is 0.500. The van der Waals surface area contributed by atoms with Crippen molar-refractivity contribution in [2.45, 2.75) is 11.8 Å². The summed E-state index contributed by atoms with van der Waals surface area (Å²) in [4.78, 5) is 11.1. The van der Waals surface area contributed by atoms with Crippen LogP contribution in [0.15, 0.2) is 23.1 Å². The number of rotatable bonds is 4. The van der Waals surface area contributed by atoms with Crippen LogP contribution in [0.2, 0.25) is 0 Å². The number of aromatic carboxylic acids is 1. The molecule has 0 bridgehead atoms. The molecule has 7 heteroatoms. The van der Waals surface area contributed by atoms with E-state index in [1.54, 1.807) is 6.92 Å². The Morgan fingerprint density at radius 3 is 2.48 bits per heavy atom. The second-order valence-corrected chi connectivity index (χ2v) is 7.69. The Morgan fingerprint density at radius 2 is 2.00 bits per heavy atom. The van der Waals surface area contributed by atoms with Crippen molar-refractivity contribution < 1.29 is 22.7 Å². The third-order valence-electron chi connectivity index (χ3n) is 4.58. The number of sulfonamides is 1. The highest BCUT2D eigenvalue weighted by atomic mass is 32.2. The van der Waals surface area contributed by atoms with Gasteiger partial charge in [-0.1, -0.05) is 0 Å². The topological polar surface area (TPSA) is 74.7 Å². The normalized spacial score (nSPS) is 28.4. The summed E-state index contributed by atoms with van der Waals surface area (Å²) in [5, 5.41) is 8.97. The number of nitrogens with zero attached hydrogens (tertiary/aromatic N) is 1. The summed E-state index contributed by atoms with van der Waals surface area (Å²) in [5.41, 5.74) is 0.505. The molecule has 1 unspecified atom stereocenters. The van der Waals surface area contributed by atoms with Gasteiger partial charge in [-0.3, -0.25) is 4.39 Å². The SMILES string of the molecule is Cc1cc(S(=O)(=O)N2C[C@@H]3C(CF)[C@@H]3C2)ccc1C(=O)O. The van der Waals surface area contributed by atoms with E-state index in [0.29, 0.717) is 18.7 Å². The lowest BCUT2D eigenvalue weighted by atomic mass is 10.1. The zero-order valence-electron chi connectivity index (χ0n) is 11.5. The number of carboxylic acids is 1. The van der Waals surface area contributed by atoms with E-state index in [-0.39, 0.29) is 34.9 Å². The van der Waals surface area contributed by atoms with Crippen molar-refractivity contribution in [3.05, 3.63) is 29.3 Å². The monoisotopic (exact) mass is 313 g/mol. The van der Waals surface area contributed by atoms with Crippen molar-refractivity contribution in [1.29, 1.82) is 0 Å². The lowest BCUT2D eigenvalue weighted by molar-refractivity contribution is 0.0696. The van der Waals surface area contributed by atoms with E-state index < -0.39 is 16.0 Å². The first-order valence-electron chi connectivity index (χ1n) is 6.76. The standard InChI is InChI=1S/C14H16FNO4S/c1-8-4-9(2-3-10(8)14(17)18)21(19,20)16-6-12-11(5-15)13(12)7-16/h2-4,11-13H,5-7H2,1H3,(H,17,18)/t11?,12-,13+. The molecule has 0 amide bonds. The summed E-state index contributed by atoms with van der Waals surface area (Å²) < 4.78 is 39.0. The van der Waals surface area contributed by atoms with E-state index in [9.17, 15) is 17.6 Å². The number of carboxylic acid groups (broad SMARTS) is 1. The van der Waals surface area contributed by atoms with Crippen LogP contribution in [0.4, 0.5) is 4.39 Å². The molecule has 0 aromatic heterocycles. The molecule has 2 fully saturated rings. The molecule has 3 rings (SSSR count). The van der Waals surface area contributed by atoms with E-state index >= 15 is 0 Å². The van der Waals surface area contributed by atoms with Gasteiger partial charge >= 0.3 is 5.97 Å². The molecule has 1 saturated heterocycles. The average Bonchev–Trinajstić information content (AvgIpc) is 2.88. The third kappa shape index (κ3) is 2.24. The zero-order valence-corrected chi connectivity index (χ0v) is 12.3. The summed E-state index contributed by atoms with van der Waals surface area (Å²) in [7, 11) is -3.62. The molecule has 1 aromatic rings. The van der Waals surface area contributed by atoms with Crippen LogP contribution in [0.5, 0.6) is 0 Å². The maximum atomic E-state index is 12.6. The van der Waals surface area contributed by atoms with Crippen LogP contribution in [-0.2, 0) is 10.0 Å². The average molecular weight is 313 g/mol. The Balaban J connectivity index is 1.83. The minimum atomic E-state index is -3.62. The highest BCUT2D eigenvalue weighted by Crippen LogP contribution is 2.52. The molecule has 1 aliphatic carbocycles. The van der Waals surface area contributed by atoms with Gasteiger partial charge in [0.25, 0.3) is 0 Å². The molecule has 0 radical (unpaired) electrons. The van der Waals surface area contributed by atoms with Gasteiger partial charge in [-0.25, -0.2) is 13.2 Å². The molecule has 3 atom stereocenters. The van der Waals surface area contributed by atoms with Gasteiger partial charge in [0.1, 0.15) is 0 Å². The number of benzene rings is 1. The van der Waals surface area contributed by atoms with Crippen LogP contribution in [0, 0.1) is 24.7 Å². The number of hydrogen-bond donors (Lipinski definition) is 1. The quantitative estimate of drug-likeness (QED) is 0.915. The van der Waals surface area contributed by atoms with Crippen molar-refractivity contribution in [3.8, 4) is 0 Å². The van der Waals surface area contributed by atoms with E-state index in [2.05, 4.69) is 0 Å². The Bertz CT molecular complexity index is 691. The Kier molecular flexibility index (Phi) is 3.29. The number of aryl methyl sites for hydroxylation is 1. The van der Waals surface area contributed by atoms with Crippen molar-refractivity contribution >= 4 is 16.0 Å². The molecule has 1 saturated carbocycles. The van der Waals surface area contributed by atoms with E-state index in [1.165, 1.54) is 22.5 Å². The zero-order chi connectivity index (χ0) is 15.4. The second-order valence-electron chi connectivity index (χ2n) is 5.75. The van der Waals surface area contributed by atoms with Crippen molar-refractivity contribution in [3.63, 3.8) is 0 Å². The molecular formula is C14H16FNO4S. The Morgan fingerprint density at radius 1 is 1.38 bits per heavy atom. The maximum absolute atomic E-state index is 12.6. The smallest absolute Gasteiger partial charge is 0.335 e. The molecular weight excluding hydrogens is 297 g/mol. The number of halogens is 1. The second kappa shape index (κ2) is 4.78. The maximum Gasteiger partial charge on any atom is 0.335 e. The van der Waals surface area contributed by atoms with Gasteiger partial charge in [0.05, 0.1) is 17.1 Å². The number of piperidine rings is 1. The summed E-state index contributed by atoms with van der Waals surface area (Å²) in [6, 6.07) is 4.02. The predicted octanol–water partition coefficient (Wildman–Crippen LogP) is 1.53. The summed E-state index contributed by atoms with van der Waals surface area (Å²) in [6.45, 7) is 1.92. The van der Waals surface area contributed by atoms with Crippen LogP contribution < -0.4 is 0 Å². The van der Waals surface area contributed by atoms with Gasteiger partial charge in [0.15, 0.2) is 0 Å². The van der Waals surface area contributed by atoms with Gasteiger partial charge in [0.2, 0.25) is 10.0 Å². The number of fused-ring (bicyclic) bond motifs is 1. The fourth-order valence-corrected chi connectivity index (χ4v) is 4.82. The summed E-state index contributed by atoms with van der Waals surface area (Å²) in [5.74, 6) is -0.773. The highest BCUT2D eigenvalue weighted by Gasteiger charge is 2.57. The minimum absolute atomic E-state index is 0.0209. The lowest BCUT2D eigenvalue weighted by Crippen LogP contribution is -2.32. The first kappa shape index (κ1) is 14.5. The Labute approximate surface area is 122 Å². The largest absolute Gasteiger partial charge is 0.478 e. The number of hydrogen-bond acceptors (Lipinski definition) is 3. The molecule has 21 heavy (non-hydrogen) atoms. The molecule has 1 N–H and O–H groups in total. The van der Waals surface area contributed by atoms with Gasteiger partial charge in [-0.15, -0.1) is 0 Å². The molecule has 5 nitrogen and oxygen atoms in total. The highest BCUT2D eigenvalue weighted by molar-refractivity contribution is 7.89. The molecule has 2 aliphatic rings. The van der Waals surface area contributed by atoms with Crippen LogP contribution >= 0.6 is 0 Å². The first-order valence-corrected chi connectivity index (χ1v) is 8.20. The predicted molar refractivity (Wildman–Crippen MR) is 73.3 cm³/mol. The van der Waals surface area contributed by atoms with Gasteiger partial charge < -0.3 is 5.11 Å². The third-order valence-corrected chi connectivity index (χ3v) is 6.41. The summed E-state index contributed by atoms with van der Waals surface area (Å²) >= 11 is 0. The molecule has 1 heterocycles. The first-order chi connectivity index (χ1) is 9.86. The van der Waals surface area contributed by atoms with Crippen molar-refractivity contribution in [1.82, 2.24) is 4.31 Å². The van der Waals surface area contributed by atoms with Crippen LogP contribution in [0.25, 0.3) is 0 Å². The number of carbonyl (C=O) groups is 1. The van der Waals surface area contributed by atoms with Crippen LogP contribution in [0.3, 0.4) is 0 Å². The summed E-state index contributed by atoms with van der Waals surface area (Å²) in [6.07, 6.45) is 0. The minimum Gasteiger partial charge on any atom is -0.478 e. The molecule has 1 aromatic carbocycles. The van der Waals surface area contributed by atoms with Gasteiger partial charge in [-0.05, 0) is 48.4 Å². The van der Waals surface area contributed by atoms with Crippen molar-refractivity contribution in [2.75, 3.05) is 19.8 Å². The van der Waals surface area contributed by atoms with E-state index in [0.717, 1.165) is 0 Å². The molecule has 114 valence electrons. The van der Waals surface area contributed by atoms with E-state index in [4.69, 9.17) is 5.11 Å². The van der Waals surface area contributed by atoms with Crippen molar-refractivity contribution in [2.24, 2.45) is 17.8 Å². The number of alkyl halides is 1. The lowest BCUT2D eigenvalue weighted by Gasteiger charge is -2.19. The van der Waals surface area contributed by atoms with Crippen LogP contribution in [-0.4, -0.2) is 43.6 Å². The van der Waals surface area contributed by atoms with Gasteiger partial charge in [0, 0.05) is 13.1 Å². The molecule has 1 aliphatic heterocycles. The fourth-order valence-electron chi connectivity index (χ4n) is 3.22. The van der Waals surface area contributed by atoms with Gasteiger partial charge in [-0.2, -0.15) is 4.31 Å². The van der Waals surface area contributed by atoms with E-state index in [1.807, 2.05) is 0 Å².